The standard InChI is InChI=1S/C47H29N5/c1-3-13-31(14-4-1)43-49-44(32-15-5-2-6-16-32)51-45(50-43)33-25-23-30(24-26-33)34-27-28-41-39(29-34)47(46-48-40-21-11-12-22-42(40)52(41)46)37-19-9-7-17-35(37)36-18-8-10-20-38(36)47/h1-29H. The normalized spacial score (nSPS) is 13.2. The molecule has 0 N–H and O–H groups in total. The fraction of sp³-hybridized carbons (Fsp3) is 0.0213. The van der Waals surface area contributed by atoms with Gasteiger partial charge >= 0.3 is 0 Å². The van der Waals surface area contributed by atoms with E-state index in [0.29, 0.717) is 17.5 Å². The first-order chi connectivity index (χ1) is 25.8. The summed E-state index contributed by atoms with van der Waals surface area (Å²) in [5.74, 6) is 3.00. The maximum absolute atomic E-state index is 5.39. The molecule has 0 unspecified atom stereocenters. The highest BCUT2D eigenvalue weighted by Crippen LogP contribution is 2.60. The van der Waals surface area contributed by atoms with Gasteiger partial charge in [0.25, 0.3) is 0 Å². The first kappa shape index (κ1) is 28.8. The number of hydrogen-bond donors (Lipinski definition) is 0. The summed E-state index contributed by atoms with van der Waals surface area (Å²) in [6.07, 6.45) is 0. The van der Waals surface area contributed by atoms with E-state index >= 15 is 0 Å². The fourth-order valence-corrected chi connectivity index (χ4v) is 8.37. The van der Waals surface area contributed by atoms with E-state index in [-0.39, 0.29) is 0 Å². The smallest absolute Gasteiger partial charge is 0.164 e. The van der Waals surface area contributed by atoms with E-state index in [4.69, 9.17) is 19.9 Å². The number of para-hydroxylation sites is 2. The molecular formula is C47H29N5. The van der Waals surface area contributed by atoms with Gasteiger partial charge in [-0.2, -0.15) is 0 Å². The molecule has 1 aliphatic carbocycles. The van der Waals surface area contributed by atoms with Crippen LogP contribution in [0, 0.1) is 0 Å². The third-order valence-corrected chi connectivity index (χ3v) is 10.7. The molecule has 242 valence electrons. The first-order valence-electron chi connectivity index (χ1n) is 17.6. The molecular weight excluding hydrogens is 635 g/mol. The molecule has 1 aliphatic heterocycles. The van der Waals surface area contributed by atoms with E-state index in [9.17, 15) is 0 Å². The molecule has 0 fully saturated rings. The molecule has 11 rings (SSSR count). The minimum Gasteiger partial charge on any atom is -0.295 e. The van der Waals surface area contributed by atoms with Gasteiger partial charge in [-0.25, -0.2) is 19.9 Å². The van der Waals surface area contributed by atoms with Crippen LogP contribution in [0.5, 0.6) is 0 Å². The minimum atomic E-state index is -0.538. The van der Waals surface area contributed by atoms with Crippen molar-refractivity contribution in [1.29, 1.82) is 0 Å². The molecule has 1 spiro atoms. The Morgan fingerprint density at radius 3 is 1.46 bits per heavy atom. The average molecular weight is 664 g/mol. The van der Waals surface area contributed by atoms with Crippen LogP contribution in [0.1, 0.15) is 22.5 Å². The second kappa shape index (κ2) is 11.0. The molecule has 52 heavy (non-hydrogen) atoms. The van der Waals surface area contributed by atoms with Crippen molar-refractivity contribution in [3.63, 3.8) is 0 Å². The van der Waals surface area contributed by atoms with E-state index in [1.54, 1.807) is 0 Å². The van der Waals surface area contributed by atoms with Crippen molar-refractivity contribution < 1.29 is 0 Å². The van der Waals surface area contributed by atoms with Crippen LogP contribution >= 0.6 is 0 Å². The van der Waals surface area contributed by atoms with Crippen LogP contribution in [0.2, 0.25) is 0 Å². The second-order valence-corrected chi connectivity index (χ2v) is 13.4. The van der Waals surface area contributed by atoms with Gasteiger partial charge < -0.3 is 0 Å². The van der Waals surface area contributed by atoms with Gasteiger partial charge in [0.05, 0.1) is 16.7 Å². The summed E-state index contributed by atoms with van der Waals surface area (Å²) < 4.78 is 2.38. The molecule has 0 saturated carbocycles. The summed E-state index contributed by atoms with van der Waals surface area (Å²) in [6, 6.07) is 61.9. The largest absolute Gasteiger partial charge is 0.295 e. The lowest BCUT2D eigenvalue weighted by molar-refractivity contribution is 0.738. The van der Waals surface area contributed by atoms with Crippen LogP contribution in [-0.2, 0) is 5.41 Å². The molecule has 2 aromatic heterocycles. The molecule has 5 nitrogen and oxygen atoms in total. The van der Waals surface area contributed by atoms with Gasteiger partial charge in [0.15, 0.2) is 17.5 Å². The van der Waals surface area contributed by atoms with Crippen molar-refractivity contribution in [2.75, 3.05) is 0 Å². The van der Waals surface area contributed by atoms with Gasteiger partial charge in [-0.05, 0) is 63.2 Å². The Morgan fingerprint density at radius 1 is 0.365 bits per heavy atom. The molecule has 0 amide bonds. The maximum atomic E-state index is 5.39. The Labute approximate surface area is 300 Å². The topological polar surface area (TPSA) is 56.5 Å². The number of aromatic nitrogens is 5. The lowest BCUT2D eigenvalue weighted by Crippen LogP contribution is -2.27. The van der Waals surface area contributed by atoms with Crippen molar-refractivity contribution in [2.45, 2.75) is 5.41 Å². The van der Waals surface area contributed by atoms with Gasteiger partial charge in [0.2, 0.25) is 0 Å². The van der Waals surface area contributed by atoms with Crippen molar-refractivity contribution in [1.82, 2.24) is 24.5 Å². The SMILES string of the molecule is c1ccc(-c2nc(-c3ccccc3)nc(-c3ccc(-c4ccc5c(c4)C4(c6ccccc6-c6ccccc64)c4nc6ccccc6n4-5)cc3)n2)cc1. The number of hydrogen-bond acceptors (Lipinski definition) is 4. The Balaban J connectivity index is 1.07. The van der Waals surface area contributed by atoms with Crippen LogP contribution in [0.3, 0.4) is 0 Å². The predicted octanol–water partition coefficient (Wildman–Crippen LogP) is 10.6. The molecule has 0 saturated heterocycles. The van der Waals surface area contributed by atoms with E-state index < -0.39 is 5.41 Å². The van der Waals surface area contributed by atoms with Gasteiger partial charge in [0.1, 0.15) is 11.2 Å². The molecule has 7 aromatic carbocycles. The van der Waals surface area contributed by atoms with Crippen molar-refractivity contribution in [3.05, 3.63) is 198 Å². The quantitative estimate of drug-likeness (QED) is 0.188. The highest BCUT2D eigenvalue weighted by atomic mass is 15.1. The molecule has 5 heteroatoms. The van der Waals surface area contributed by atoms with Crippen LogP contribution in [0.15, 0.2) is 176 Å². The summed E-state index contributed by atoms with van der Waals surface area (Å²) in [5, 5.41) is 0. The zero-order chi connectivity index (χ0) is 34.2. The average Bonchev–Trinajstić information content (AvgIpc) is 3.85. The number of imidazole rings is 1. The third-order valence-electron chi connectivity index (χ3n) is 10.7. The van der Waals surface area contributed by atoms with E-state index in [1.807, 2.05) is 60.7 Å². The molecule has 3 heterocycles. The molecule has 0 radical (unpaired) electrons. The Bertz CT molecular complexity index is 2740. The van der Waals surface area contributed by atoms with Crippen molar-refractivity contribution >= 4 is 11.0 Å². The number of nitrogens with zero attached hydrogens (tertiary/aromatic N) is 5. The zero-order valence-corrected chi connectivity index (χ0v) is 28.0. The monoisotopic (exact) mass is 663 g/mol. The summed E-state index contributed by atoms with van der Waals surface area (Å²) in [4.78, 5) is 20.2. The minimum absolute atomic E-state index is 0.538. The Morgan fingerprint density at radius 2 is 0.846 bits per heavy atom. The van der Waals surface area contributed by atoms with Crippen molar-refractivity contribution in [3.8, 4) is 62.1 Å². The summed E-state index contributed by atoms with van der Waals surface area (Å²) in [6.45, 7) is 0. The number of benzene rings is 7. The van der Waals surface area contributed by atoms with Gasteiger partial charge in [-0.15, -0.1) is 0 Å². The van der Waals surface area contributed by atoms with Crippen molar-refractivity contribution in [2.24, 2.45) is 0 Å². The molecule has 0 bridgehead atoms. The second-order valence-electron chi connectivity index (χ2n) is 13.4. The highest BCUT2D eigenvalue weighted by Gasteiger charge is 2.54. The lowest BCUT2D eigenvalue weighted by atomic mass is 9.72. The Kier molecular flexibility index (Phi) is 6.10. The Hall–Kier alpha value is -6.98. The van der Waals surface area contributed by atoms with Crippen LogP contribution in [-0.4, -0.2) is 24.5 Å². The number of fused-ring (bicyclic) bond motifs is 12. The van der Waals surface area contributed by atoms with Crippen LogP contribution in [0.25, 0.3) is 73.1 Å². The van der Waals surface area contributed by atoms with E-state index in [1.165, 1.54) is 33.5 Å². The van der Waals surface area contributed by atoms with Gasteiger partial charge in [-0.1, -0.05) is 152 Å². The van der Waals surface area contributed by atoms with Crippen LogP contribution < -0.4 is 0 Å². The summed E-state index contributed by atoms with van der Waals surface area (Å²) in [7, 11) is 0. The first-order valence-corrected chi connectivity index (χ1v) is 17.6. The van der Waals surface area contributed by atoms with E-state index in [0.717, 1.165) is 44.7 Å². The van der Waals surface area contributed by atoms with Crippen LogP contribution in [0.4, 0.5) is 0 Å². The highest BCUT2D eigenvalue weighted by molar-refractivity contribution is 5.92. The fourth-order valence-electron chi connectivity index (χ4n) is 8.37. The zero-order valence-electron chi connectivity index (χ0n) is 28.0. The molecule has 9 aromatic rings. The van der Waals surface area contributed by atoms with E-state index in [2.05, 4.69) is 120 Å². The lowest BCUT2D eigenvalue weighted by Gasteiger charge is -2.27. The summed E-state index contributed by atoms with van der Waals surface area (Å²) >= 11 is 0. The third kappa shape index (κ3) is 4.05. The molecule has 0 atom stereocenters. The van der Waals surface area contributed by atoms with Gasteiger partial charge in [-0.3, -0.25) is 4.57 Å². The predicted molar refractivity (Wildman–Crippen MR) is 207 cm³/mol. The summed E-state index contributed by atoms with van der Waals surface area (Å²) in [5.41, 5.74) is 14.2. The van der Waals surface area contributed by atoms with Gasteiger partial charge in [0, 0.05) is 16.7 Å². The maximum Gasteiger partial charge on any atom is 0.164 e. The molecule has 2 aliphatic rings. The number of rotatable bonds is 4.